The molecule has 0 bridgehead atoms. The highest BCUT2D eigenvalue weighted by Gasteiger charge is 2.22. The zero-order chi connectivity index (χ0) is 19.4. The highest BCUT2D eigenvalue weighted by molar-refractivity contribution is 7.89. The molecule has 0 saturated carbocycles. The summed E-state index contributed by atoms with van der Waals surface area (Å²) in [5.74, 6) is 1.71. The number of rotatable bonds is 7. The van der Waals surface area contributed by atoms with Crippen molar-refractivity contribution in [1.82, 2.24) is 9.46 Å². The molecule has 1 aromatic heterocycles. The number of hydrogen-bond acceptors (Lipinski definition) is 6. The average Bonchev–Trinajstić information content (AvgIpc) is 3.16. The van der Waals surface area contributed by atoms with Crippen LogP contribution in [0.3, 0.4) is 0 Å². The maximum Gasteiger partial charge on any atom is 0.243 e. The van der Waals surface area contributed by atoms with Gasteiger partial charge in [-0.3, -0.25) is 0 Å². The van der Waals surface area contributed by atoms with Crippen LogP contribution in [-0.4, -0.2) is 39.1 Å². The summed E-state index contributed by atoms with van der Waals surface area (Å²) in [5, 5.41) is 3.99. The SMILES string of the molecule is COc1ccc(OC)c(-c2cc(CN(C)S(=O)(=O)c3ccccc3)no2)c1. The molecule has 27 heavy (non-hydrogen) atoms. The molecule has 0 aliphatic heterocycles. The van der Waals surface area contributed by atoms with Gasteiger partial charge in [0.05, 0.1) is 36.9 Å². The van der Waals surface area contributed by atoms with E-state index >= 15 is 0 Å². The minimum Gasteiger partial charge on any atom is -0.497 e. The monoisotopic (exact) mass is 388 g/mol. The van der Waals surface area contributed by atoms with Gasteiger partial charge in [-0.15, -0.1) is 0 Å². The predicted octanol–water partition coefficient (Wildman–Crippen LogP) is 3.18. The average molecular weight is 388 g/mol. The number of benzene rings is 2. The smallest absolute Gasteiger partial charge is 0.243 e. The molecule has 0 aliphatic carbocycles. The van der Waals surface area contributed by atoms with Crippen molar-refractivity contribution in [3.8, 4) is 22.8 Å². The molecule has 8 heteroatoms. The van der Waals surface area contributed by atoms with Crippen LogP contribution in [-0.2, 0) is 16.6 Å². The fraction of sp³-hybridized carbons (Fsp3) is 0.211. The van der Waals surface area contributed by atoms with Crippen LogP contribution >= 0.6 is 0 Å². The number of sulfonamides is 1. The van der Waals surface area contributed by atoms with E-state index < -0.39 is 10.0 Å². The zero-order valence-electron chi connectivity index (χ0n) is 15.2. The van der Waals surface area contributed by atoms with Crippen LogP contribution in [0.2, 0.25) is 0 Å². The molecular formula is C19H20N2O5S. The van der Waals surface area contributed by atoms with Crippen LogP contribution in [0.4, 0.5) is 0 Å². The third-order valence-electron chi connectivity index (χ3n) is 4.07. The molecule has 1 heterocycles. The summed E-state index contributed by atoms with van der Waals surface area (Å²) >= 11 is 0. The number of methoxy groups -OCH3 is 2. The summed E-state index contributed by atoms with van der Waals surface area (Å²) in [7, 11) is 1.02. The molecule has 7 nitrogen and oxygen atoms in total. The van der Waals surface area contributed by atoms with Gasteiger partial charge in [0.2, 0.25) is 10.0 Å². The van der Waals surface area contributed by atoms with Gasteiger partial charge in [-0.25, -0.2) is 8.42 Å². The van der Waals surface area contributed by atoms with Crippen molar-refractivity contribution in [2.24, 2.45) is 0 Å². The number of ether oxygens (including phenoxy) is 2. The second kappa shape index (κ2) is 7.81. The first-order valence-corrected chi connectivity index (χ1v) is 9.59. The Balaban J connectivity index is 1.85. The summed E-state index contributed by atoms with van der Waals surface area (Å²) in [4.78, 5) is 0.227. The maximum absolute atomic E-state index is 12.6. The molecular weight excluding hydrogens is 368 g/mol. The molecule has 0 N–H and O–H groups in total. The summed E-state index contributed by atoms with van der Waals surface area (Å²) in [6, 6.07) is 15.3. The van der Waals surface area contributed by atoms with E-state index in [4.69, 9.17) is 14.0 Å². The molecule has 0 amide bonds. The number of aromatic nitrogens is 1. The quantitative estimate of drug-likeness (QED) is 0.618. The van der Waals surface area contributed by atoms with Gasteiger partial charge in [-0.2, -0.15) is 4.31 Å². The van der Waals surface area contributed by atoms with Crippen LogP contribution in [0.1, 0.15) is 5.69 Å². The minimum atomic E-state index is -3.61. The summed E-state index contributed by atoms with van der Waals surface area (Å²) in [6.45, 7) is 0.0764. The van der Waals surface area contributed by atoms with Gasteiger partial charge in [0, 0.05) is 13.1 Å². The van der Waals surface area contributed by atoms with Crippen molar-refractivity contribution < 1.29 is 22.4 Å². The first-order chi connectivity index (χ1) is 13.0. The molecule has 0 radical (unpaired) electrons. The third-order valence-corrected chi connectivity index (χ3v) is 5.88. The van der Waals surface area contributed by atoms with Gasteiger partial charge in [-0.05, 0) is 30.3 Å². The van der Waals surface area contributed by atoms with E-state index in [1.54, 1.807) is 68.8 Å². The lowest BCUT2D eigenvalue weighted by Gasteiger charge is -2.15. The van der Waals surface area contributed by atoms with Crippen LogP contribution in [0.5, 0.6) is 11.5 Å². The van der Waals surface area contributed by atoms with Crippen LogP contribution in [0.15, 0.2) is 64.0 Å². The highest BCUT2D eigenvalue weighted by Crippen LogP contribution is 2.34. The lowest BCUT2D eigenvalue weighted by molar-refractivity contribution is 0.390. The zero-order valence-corrected chi connectivity index (χ0v) is 16.1. The summed E-state index contributed by atoms with van der Waals surface area (Å²) in [6.07, 6.45) is 0. The second-order valence-corrected chi connectivity index (χ2v) is 7.87. The first kappa shape index (κ1) is 18.9. The Morgan fingerprint density at radius 2 is 1.78 bits per heavy atom. The minimum absolute atomic E-state index is 0.0764. The van der Waals surface area contributed by atoms with Gasteiger partial charge < -0.3 is 14.0 Å². The summed E-state index contributed by atoms with van der Waals surface area (Å²) in [5.41, 5.74) is 1.15. The van der Waals surface area contributed by atoms with Gasteiger partial charge in [0.1, 0.15) is 11.5 Å². The van der Waals surface area contributed by atoms with Gasteiger partial charge >= 0.3 is 0 Å². The van der Waals surface area contributed by atoms with E-state index in [0.29, 0.717) is 28.5 Å². The van der Waals surface area contributed by atoms with Gasteiger partial charge in [0.15, 0.2) is 5.76 Å². The van der Waals surface area contributed by atoms with Gasteiger partial charge in [-0.1, -0.05) is 23.4 Å². The van der Waals surface area contributed by atoms with E-state index in [-0.39, 0.29) is 11.4 Å². The van der Waals surface area contributed by atoms with Crippen molar-refractivity contribution in [1.29, 1.82) is 0 Å². The Morgan fingerprint density at radius 3 is 2.44 bits per heavy atom. The molecule has 2 aromatic carbocycles. The van der Waals surface area contributed by atoms with E-state index in [2.05, 4.69) is 5.16 Å². The maximum atomic E-state index is 12.6. The Bertz CT molecular complexity index is 1020. The Hall–Kier alpha value is -2.84. The molecule has 0 aliphatic rings. The second-order valence-electron chi connectivity index (χ2n) is 5.82. The van der Waals surface area contributed by atoms with Crippen molar-refractivity contribution in [2.45, 2.75) is 11.4 Å². The number of nitrogens with zero attached hydrogens (tertiary/aromatic N) is 2. The molecule has 3 rings (SSSR count). The summed E-state index contributed by atoms with van der Waals surface area (Å²) < 4.78 is 42.5. The highest BCUT2D eigenvalue weighted by atomic mass is 32.2. The lowest BCUT2D eigenvalue weighted by Crippen LogP contribution is -2.26. The van der Waals surface area contributed by atoms with E-state index in [1.807, 2.05) is 0 Å². The standard InChI is InChI=1S/C19H20N2O5S/c1-21(27(22,23)16-7-5-4-6-8-16)13-14-11-19(26-20-14)17-12-15(24-2)9-10-18(17)25-3/h4-12H,13H2,1-3H3. The number of hydrogen-bond donors (Lipinski definition) is 0. The van der Waals surface area contributed by atoms with E-state index in [1.165, 1.54) is 11.4 Å². The fourth-order valence-corrected chi connectivity index (χ4v) is 3.77. The normalized spacial score (nSPS) is 11.6. The molecule has 3 aromatic rings. The van der Waals surface area contributed by atoms with Crippen molar-refractivity contribution in [3.63, 3.8) is 0 Å². The Labute approximate surface area is 158 Å². The molecule has 142 valence electrons. The van der Waals surface area contributed by atoms with Crippen molar-refractivity contribution in [3.05, 3.63) is 60.3 Å². The van der Waals surface area contributed by atoms with Gasteiger partial charge in [0.25, 0.3) is 0 Å². The predicted molar refractivity (Wildman–Crippen MR) is 100 cm³/mol. The van der Waals surface area contributed by atoms with E-state index in [0.717, 1.165) is 0 Å². The molecule has 0 saturated heterocycles. The van der Waals surface area contributed by atoms with Crippen LogP contribution < -0.4 is 9.47 Å². The lowest BCUT2D eigenvalue weighted by atomic mass is 10.1. The first-order valence-electron chi connectivity index (χ1n) is 8.15. The largest absolute Gasteiger partial charge is 0.497 e. The van der Waals surface area contributed by atoms with Crippen molar-refractivity contribution >= 4 is 10.0 Å². The van der Waals surface area contributed by atoms with Crippen LogP contribution in [0, 0.1) is 0 Å². The molecule has 0 unspecified atom stereocenters. The topological polar surface area (TPSA) is 81.9 Å². The molecule has 0 fully saturated rings. The third kappa shape index (κ3) is 3.96. The Morgan fingerprint density at radius 1 is 1.04 bits per heavy atom. The van der Waals surface area contributed by atoms with Crippen LogP contribution in [0.25, 0.3) is 11.3 Å². The molecule has 0 atom stereocenters. The molecule has 0 spiro atoms. The fourth-order valence-electron chi connectivity index (χ4n) is 2.61. The van der Waals surface area contributed by atoms with Crippen molar-refractivity contribution in [2.75, 3.05) is 21.3 Å². The Kier molecular flexibility index (Phi) is 5.48. The van der Waals surface area contributed by atoms with E-state index in [9.17, 15) is 8.42 Å².